The maximum atomic E-state index is 12.4. The zero-order valence-electron chi connectivity index (χ0n) is 16.0. The van der Waals surface area contributed by atoms with Crippen LogP contribution in [0.25, 0.3) is 16.7 Å². The highest BCUT2D eigenvalue weighted by Gasteiger charge is 2.31. The topological polar surface area (TPSA) is 91.8 Å². The molecule has 28 heavy (non-hydrogen) atoms. The van der Waals surface area contributed by atoms with Crippen molar-refractivity contribution in [1.29, 1.82) is 0 Å². The molecule has 6 nitrogen and oxygen atoms in total. The molecule has 3 rings (SSSR count). The number of carbonyl (C=O) groups is 2. The minimum atomic E-state index is -0.795. The van der Waals surface area contributed by atoms with Gasteiger partial charge in [-0.05, 0) is 28.2 Å². The number of carbonyl (C=O) groups excluding carboxylic acids is 2. The van der Waals surface area contributed by atoms with Crippen LogP contribution in [-0.2, 0) is 9.53 Å². The molecule has 1 amide bonds. The number of ketones is 1. The third kappa shape index (κ3) is 3.87. The Balaban J connectivity index is 1.72. The first-order chi connectivity index (χ1) is 13.6. The number of ether oxygens (including phenoxy) is 1. The van der Waals surface area contributed by atoms with E-state index in [4.69, 9.17) is 10.3 Å². The largest absolute Gasteiger partial charge is 0.449 e. The lowest BCUT2D eigenvalue weighted by Gasteiger charge is -2.21. The van der Waals surface area contributed by atoms with Gasteiger partial charge in [0, 0.05) is 5.92 Å². The molecule has 0 fully saturated rings. The number of hydrogen-bond acceptors (Lipinski definition) is 3. The number of hydrogen-bond donors (Lipinski definition) is 1. The first kappa shape index (κ1) is 19.5. The molecule has 0 unspecified atom stereocenters. The number of rotatable bonds is 7. The lowest BCUT2D eigenvalue weighted by atomic mass is 9.96. The Labute approximate surface area is 164 Å². The highest BCUT2D eigenvalue weighted by Crippen LogP contribution is 2.44. The molecule has 1 aliphatic rings. The van der Waals surface area contributed by atoms with Crippen molar-refractivity contribution < 1.29 is 19.1 Å². The van der Waals surface area contributed by atoms with Gasteiger partial charge in [-0.2, -0.15) is 4.79 Å². The van der Waals surface area contributed by atoms with Crippen molar-refractivity contribution in [2.75, 3.05) is 6.61 Å². The number of Topliss-reactive ketones (excluding diaryl/α,β-unsaturated/α-hetero) is 1. The van der Waals surface area contributed by atoms with Crippen molar-refractivity contribution in [3.8, 4) is 11.1 Å². The van der Waals surface area contributed by atoms with Crippen molar-refractivity contribution in [2.45, 2.75) is 32.2 Å². The van der Waals surface area contributed by atoms with E-state index in [-0.39, 0.29) is 18.4 Å². The van der Waals surface area contributed by atoms with Gasteiger partial charge in [-0.1, -0.05) is 68.8 Å². The number of alkyl carbamates (subject to hydrolysis) is 1. The van der Waals surface area contributed by atoms with E-state index in [1.807, 2.05) is 50.2 Å². The zero-order chi connectivity index (χ0) is 20.1. The SMILES string of the molecule is CC[C@H](C)[C@H](NC(=O)OCC1c2ccccc2-c2ccccc21)C(=O)C=[N+]=[N-]. The molecule has 0 saturated carbocycles. The Morgan fingerprint density at radius 2 is 1.71 bits per heavy atom. The summed E-state index contributed by atoms with van der Waals surface area (Å²) >= 11 is 0. The normalized spacial score (nSPS) is 14.2. The van der Waals surface area contributed by atoms with Gasteiger partial charge in [0.05, 0.1) is 0 Å². The third-order valence-electron chi connectivity index (χ3n) is 5.32. The van der Waals surface area contributed by atoms with Gasteiger partial charge < -0.3 is 15.6 Å². The fourth-order valence-electron chi connectivity index (χ4n) is 3.63. The summed E-state index contributed by atoms with van der Waals surface area (Å²) in [5, 5.41) is 2.61. The molecule has 0 saturated heterocycles. The van der Waals surface area contributed by atoms with Crippen molar-refractivity contribution in [3.63, 3.8) is 0 Å². The standard InChI is InChI=1S/C22H23N3O3/c1-3-14(2)21(20(26)12-24-23)25-22(27)28-13-19-17-10-6-4-8-15(17)16-9-5-7-11-18(16)19/h4-12,14,19,21H,3,13H2,1-2H3,(H,25,27)/t14-,21-/m0/s1. The molecular weight excluding hydrogens is 354 g/mol. The number of benzene rings is 2. The quantitative estimate of drug-likeness (QED) is 0.452. The van der Waals surface area contributed by atoms with Crippen molar-refractivity contribution >= 4 is 18.1 Å². The monoisotopic (exact) mass is 377 g/mol. The van der Waals surface area contributed by atoms with Crippen molar-refractivity contribution in [1.82, 2.24) is 5.32 Å². The molecule has 2 aromatic rings. The summed E-state index contributed by atoms with van der Waals surface area (Å²) in [5.41, 5.74) is 13.2. The van der Waals surface area contributed by atoms with E-state index in [0.717, 1.165) is 28.5 Å². The van der Waals surface area contributed by atoms with E-state index in [0.29, 0.717) is 6.42 Å². The Hall–Kier alpha value is -3.24. The summed E-state index contributed by atoms with van der Waals surface area (Å²) < 4.78 is 5.48. The van der Waals surface area contributed by atoms with Gasteiger partial charge >= 0.3 is 12.3 Å². The molecule has 0 bridgehead atoms. The van der Waals surface area contributed by atoms with Crippen LogP contribution in [0.1, 0.15) is 37.3 Å². The second-order valence-corrected chi connectivity index (χ2v) is 6.98. The summed E-state index contributed by atoms with van der Waals surface area (Å²) in [6.45, 7) is 3.94. The fraction of sp³-hybridized carbons (Fsp3) is 0.318. The summed E-state index contributed by atoms with van der Waals surface area (Å²) in [7, 11) is 0. The second-order valence-electron chi connectivity index (χ2n) is 6.98. The Kier molecular flexibility index (Phi) is 6.02. The highest BCUT2D eigenvalue weighted by molar-refractivity contribution is 6.28. The molecule has 0 aliphatic heterocycles. The van der Waals surface area contributed by atoms with Gasteiger partial charge in [0.2, 0.25) is 0 Å². The fourth-order valence-corrected chi connectivity index (χ4v) is 3.63. The summed E-state index contributed by atoms with van der Waals surface area (Å²) in [6.07, 6.45) is 0.826. The molecule has 0 aromatic heterocycles. The predicted molar refractivity (Wildman–Crippen MR) is 106 cm³/mol. The molecule has 1 N–H and O–H groups in total. The van der Waals surface area contributed by atoms with Gasteiger partial charge in [0.15, 0.2) is 0 Å². The Morgan fingerprint density at radius 3 is 2.25 bits per heavy atom. The average molecular weight is 377 g/mol. The predicted octanol–water partition coefficient (Wildman–Crippen LogP) is 3.81. The number of nitrogens with zero attached hydrogens (tertiary/aromatic N) is 2. The van der Waals surface area contributed by atoms with Crippen LogP contribution >= 0.6 is 0 Å². The average Bonchev–Trinajstić information content (AvgIpc) is 3.04. The van der Waals surface area contributed by atoms with Gasteiger partial charge in [0.25, 0.3) is 5.78 Å². The Bertz CT molecular complexity index is 889. The van der Waals surface area contributed by atoms with Gasteiger partial charge in [-0.3, -0.25) is 4.79 Å². The van der Waals surface area contributed by atoms with Gasteiger partial charge in [0.1, 0.15) is 12.6 Å². The summed E-state index contributed by atoms with van der Waals surface area (Å²) in [5.74, 6) is -0.633. The molecule has 0 heterocycles. The van der Waals surface area contributed by atoms with Crippen LogP contribution in [0.15, 0.2) is 48.5 Å². The Morgan fingerprint density at radius 1 is 1.14 bits per heavy atom. The second kappa shape index (κ2) is 8.63. The van der Waals surface area contributed by atoms with Crippen LogP contribution < -0.4 is 5.32 Å². The molecule has 2 aromatic carbocycles. The van der Waals surface area contributed by atoms with Crippen LogP contribution in [0.3, 0.4) is 0 Å². The van der Waals surface area contributed by atoms with E-state index >= 15 is 0 Å². The van der Waals surface area contributed by atoms with E-state index in [1.165, 1.54) is 0 Å². The molecule has 0 spiro atoms. The summed E-state index contributed by atoms with van der Waals surface area (Å²) in [4.78, 5) is 27.2. The molecule has 2 atom stereocenters. The number of fused-ring (bicyclic) bond motifs is 3. The van der Waals surface area contributed by atoms with Crippen LogP contribution in [0, 0.1) is 5.92 Å². The van der Waals surface area contributed by atoms with Crippen LogP contribution in [0.5, 0.6) is 0 Å². The molecular formula is C22H23N3O3. The van der Waals surface area contributed by atoms with Crippen molar-refractivity contribution in [2.24, 2.45) is 5.92 Å². The van der Waals surface area contributed by atoms with Crippen LogP contribution in [-0.4, -0.2) is 35.5 Å². The van der Waals surface area contributed by atoms with Crippen molar-refractivity contribution in [3.05, 3.63) is 65.2 Å². The maximum Gasteiger partial charge on any atom is 0.407 e. The molecule has 0 radical (unpaired) electrons. The van der Waals surface area contributed by atoms with E-state index < -0.39 is 17.9 Å². The van der Waals surface area contributed by atoms with E-state index in [2.05, 4.69) is 22.2 Å². The number of nitrogens with one attached hydrogen (secondary N) is 1. The lowest BCUT2D eigenvalue weighted by Crippen LogP contribution is -2.46. The minimum Gasteiger partial charge on any atom is -0.449 e. The minimum absolute atomic E-state index is 0.0464. The molecule has 144 valence electrons. The smallest absolute Gasteiger partial charge is 0.407 e. The molecule has 1 aliphatic carbocycles. The van der Waals surface area contributed by atoms with Crippen LogP contribution in [0.2, 0.25) is 0 Å². The maximum absolute atomic E-state index is 12.4. The highest BCUT2D eigenvalue weighted by atomic mass is 16.5. The summed E-state index contributed by atoms with van der Waals surface area (Å²) in [6, 6.07) is 15.4. The number of amides is 1. The third-order valence-corrected chi connectivity index (χ3v) is 5.32. The zero-order valence-corrected chi connectivity index (χ0v) is 16.0. The first-order valence-corrected chi connectivity index (χ1v) is 9.39. The molecule has 6 heteroatoms. The van der Waals surface area contributed by atoms with Crippen LogP contribution in [0.4, 0.5) is 4.79 Å². The van der Waals surface area contributed by atoms with E-state index in [9.17, 15) is 9.59 Å². The van der Waals surface area contributed by atoms with Gasteiger partial charge in [-0.15, -0.1) is 0 Å². The van der Waals surface area contributed by atoms with E-state index in [1.54, 1.807) is 0 Å². The van der Waals surface area contributed by atoms with Gasteiger partial charge in [-0.25, -0.2) is 4.79 Å². The first-order valence-electron chi connectivity index (χ1n) is 9.39. The lowest BCUT2D eigenvalue weighted by molar-refractivity contribution is -0.118.